The fourth-order valence-electron chi connectivity index (χ4n) is 1.49. The number of nitrogens with one attached hydrogen (secondary N) is 3. The fraction of sp³-hybridized carbons (Fsp3) is 0.250. The Labute approximate surface area is 89.6 Å². The normalized spacial score (nSPS) is 18.5. The van der Waals surface area contributed by atoms with Crippen LogP contribution in [0.25, 0.3) is 0 Å². The highest BCUT2D eigenvalue weighted by Crippen LogP contribution is 2.29. The first-order valence-electron chi connectivity index (χ1n) is 4.28. The highest BCUT2D eigenvalue weighted by molar-refractivity contribution is 6.24. The van der Waals surface area contributed by atoms with Gasteiger partial charge in [0.25, 0.3) is 5.56 Å². The first-order valence-corrected chi connectivity index (χ1v) is 4.72. The maximum Gasteiger partial charge on any atom is 0.327 e. The third kappa shape index (κ3) is 1.52. The van der Waals surface area contributed by atoms with Crippen LogP contribution in [0.15, 0.2) is 22.2 Å². The average Bonchev–Trinajstić information content (AvgIpc) is 2.43. The lowest BCUT2D eigenvalue weighted by atomic mass is 10.4. The van der Waals surface area contributed by atoms with Crippen molar-refractivity contribution in [3.05, 3.63) is 33.5 Å². The summed E-state index contributed by atoms with van der Waals surface area (Å²) >= 11 is 5.94. The third-order valence-electron chi connectivity index (χ3n) is 2.07. The number of halogens is 1. The molecule has 0 aliphatic carbocycles. The molecule has 80 valence electrons. The Morgan fingerprint density at radius 1 is 1.47 bits per heavy atom. The molecule has 6 nitrogen and oxygen atoms in total. The Kier molecular flexibility index (Phi) is 2.28. The Bertz CT molecular complexity index is 506. The van der Waals surface area contributed by atoms with Crippen LogP contribution in [-0.2, 0) is 0 Å². The topological polar surface area (TPSA) is 81.0 Å². The molecule has 0 bridgehead atoms. The van der Waals surface area contributed by atoms with Crippen molar-refractivity contribution in [2.24, 2.45) is 0 Å². The van der Waals surface area contributed by atoms with Crippen molar-refractivity contribution in [2.45, 2.75) is 5.62 Å². The first-order chi connectivity index (χ1) is 7.13. The molecule has 1 aromatic heterocycles. The number of anilines is 2. The van der Waals surface area contributed by atoms with Gasteiger partial charge in [-0.3, -0.25) is 14.8 Å². The standard InChI is InChI=1S/C8H9ClN4O2/c1-2-3-13-4-5(10-7(13)9)11-8(15)12-6(4)14/h2,7H,1,3H2,(H3,10,11,12,14,15). The van der Waals surface area contributed by atoms with Crippen LogP contribution in [0.1, 0.15) is 0 Å². The SMILES string of the molecule is C=CCN1c2c([nH]c(=O)[nH]c2=O)NC1Cl. The molecule has 0 saturated carbocycles. The van der Waals surface area contributed by atoms with Crippen molar-refractivity contribution in [2.75, 3.05) is 16.8 Å². The van der Waals surface area contributed by atoms with Gasteiger partial charge in [-0.05, 0) is 0 Å². The van der Waals surface area contributed by atoms with Crippen LogP contribution in [-0.4, -0.2) is 22.1 Å². The van der Waals surface area contributed by atoms with E-state index in [1.54, 1.807) is 11.0 Å². The van der Waals surface area contributed by atoms with E-state index in [2.05, 4.69) is 21.9 Å². The van der Waals surface area contributed by atoms with E-state index in [0.717, 1.165) is 0 Å². The maximum absolute atomic E-state index is 11.5. The quantitative estimate of drug-likeness (QED) is 0.378. The minimum absolute atomic E-state index is 0.328. The molecule has 0 aromatic carbocycles. The van der Waals surface area contributed by atoms with Gasteiger partial charge in [-0.1, -0.05) is 17.7 Å². The zero-order valence-electron chi connectivity index (χ0n) is 7.71. The number of alkyl halides is 1. The van der Waals surface area contributed by atoms with Gasteiger partial charge >= 0.3 is 5.69 Å². The van der Waals surface area contributed by atoms with Gasteiger partial charge in [-0.15, -0.1) is 6.58 Å². The number of rotatable bonds is 2. The molecule has 2 rings (SSSR count). The highest BCUT2D eigenvalue weighted by Gasteiger charge is 2.29. The summed E-state index contributed by atoms with van der Waals surface area (Å²) in [6, 6.07) is 0. The number of H-pyrrole nitrogens is 2. The Balaban J connectivity index is 2.58. The molecular weight excluding hydrogens is 220 g/mol. The lowest BCUT2D eigenvalue weighted by Crippen LogP contribution is -2.34. The van der Waals surface area contributed by atoms with E-state index in [0.29, 0.717) is 18.1 Å². The van der Waals surface area contributed by atoms with E-state index in [9.17, 15) is 9.59 Å². The van der Waals surface area contributed by atoms with E-state index in [1.807, 2.05) is 0 Å². The lowest BCUT2D eigenvalue weighted by molar-refractivity contribution is 0.892. The molecule has 1 aromatic rings. The van der Waals surface area contributed by atoms with E-state index < -0.39 is 16.9 Å². The number of hydrogen-bond acceptors (Lipinski definition) is 4. The van der Waals surface area contributed by atoms with E-state index in [4.69, 9.17) is 11.6 Å². The van der Waals surface area contributed by atoms with E-state index in [1.165, 1.54) is 0 Å². The van der Waals surface area contributed by atoms with Crippen molar-refractivity contribution in [1.29, 1.82) is 0 Å². The van der Waals surface area contributed by atoms with Crippen molar-refractivity contribution in [1.82, 2.24) is 9.97 Å². The maximum atomic E-state index is 11.5. The molecule has 0 saturated heterocycles. The zero-order chi connectivity index (χ0) is 11.0. The molecule has 0 fully saturated rings. The highest BCUT2D eigenvalue weighted by atomic mass is 35.5. The summed E-state index contributed by atoms with van der Waals surface area (Å²) < 4.78 is 0. The predicted octanol–water partition coefficient (Wildman–Crippen LogP) is 0.00350. The van der Waals surface area contributed by atoms with Crippen LogP contribution in [0.3, 0.4) is 0 Å². The summed E-state index contributed by atoms with van der Waals surface area (Å²) in [7, 11) is 0. The minimum atomic E-state index is -0.560. The van der Waals surface area contributed by atoms with Crippen molar-refractivity contribution in [3.8, 4) is 0 Å². The number of fused-ring (bicyclic) bond motifs is 1. The molecule has 0 spiro atoms. The van der Waals surface area contributed by atoms with Gasteiger partial charge in [0, 0.05) is 6.54 Å². The summed E-state index contributed by atoms with van der Waals surface area (Å²) in [5.74, 6) is 0.339. The monoisotopic (exact) mass is 228 g/mol. The summed E-state index contributed by atoms with van der Waals surface area (Å²) in [5.41, 5.74) is -1.26. The fourth-order valence-corrected chi connectivity index (χ4v) is 1.78. The Morgan fingerprint density at radius 2 is 2.20 bits per heavy atom. The summed E-state index contributed by atoms with van der Waals surface area (Å²) in [6.45, 7) is 3.99. The second kappa shape index (κ2) is 3.47. The predicted molar refractivity (Wildman–Crippen MR) is 58.5 cm³/mol. The largest absolute Gasteiger partial charge is 0.337 e. The van der Waals surface area contributed by atoms with Gasteiger partial charge in [-0.25, -0.2) is 4.79 Å². The zero-order valence-corrected chi connectivity index (χ0v) is 8.47. The van der Waals surface area contributed by atoms with Crippen molar-refractivity contribution < 1.29 is 0 Å². The number of aromatic nitrogens is 2. The van der Waals surface area contributed by atoms with E-state index >= 15 is 0 Å². The molecule has 1 atom stereocenters. The molecular formula is C8H9ClN4O2. The molecule has 0 radical (unpaired) electrons. The number of hydrogen-bond donors (Lipinski definition) is 3. The second-order valence-corrected chi connectivity index (χ2v) is 3.47. The van der Waals surface area contributed by atoms with Crippen LogP contribution in [0, 0.1) is 0 Å². The number of nitrogens with zero attached hydrogens (tertiary/aromatic N) is 1. The second-order valence-electron chi connectivity index (χ2n) is 3.05. The summed E-state index contributed by atoms with van der Waals surface area (Å²) in [5, 5.41) is 2.78. The van der Waals surface area contributed by atoms with Gasteiger partial charge in [-0.2, -0.15) is 0 Å². The van der Waals surface area contributed by atoms with Crippen LogP contribution >= 0.6 is 11.6 Å². The van der Waals surface area contributed by atoms with Crippen molar-refractivity contribution >= 4 is 23.1 Å². The van der Waals surface area contributed by atoms with Gasteiger partial charge < -0.3 is 10.2 Å². The molecule has 15 heavy (non-hydrogen) atoms. The molecule has 2 heterocycles. The van der Waals surface area contributed by atoms with Crippen LogP contribution < -0.4 is 21.5 Å². The third-order valence-corrected chi connectivity index (χ3v) is 2.41. The van der Waals surface area contributed by atoms with Gasteiger partial charge in [0.2, 0.25) is 0 Å². The van der Waals surface area contributed by atoms with E-state index in [-0.39, 0.29) is 0 Å². The summed E-state index contributed by atoms with van der Waals surface area (Å²) in [4.78, 5) is 28.7. The molecule has 1 aliphatic rings. The van der Waals surface area contributed by atoms with Gasteiger partial charge in [0.05, 0.1) is 0 Å². The van der Waals surface area contributed by atoms with Gasteiger partial charge in [0.1, 0.15) is 11.5 Å². The first kappa shape index (κ1) is 9.85. The molecule has 0 amide bonds. The van der Waals surface area contributed by atoms with Crippen LogP contribution in [0.5, 0.6) is 0 Å². The smallest absolute Gasteiger partial charge is 0.327 e. The molecule has 7 heteroatoms. The lowest BCUT2D eigenvalue weighted by Gasteiger charge is -2.18. The minimum Gasteiger partial charge on any atom is -0.337 e. The summed E-state index contributed by atoms with van der Waals surface area (Å²) in [6.07, 6.45) is 1.62. The Morgan fingerprint density at radius 3 is 2.87 bits per heavy atom. The van der Waals surface area contributed by atoms with Crippen LogP contribution in [0.4, 0.5) is 11.5 Å². The average molecular weight is 229 g/mol. The van der Waals surface area contributed by atoms with Crippen LogP contribution in [0.2, 0.25) is 0 Å². The van der Waals surface area contributed by atoms with Crippen molar-refractivity contribution in [3.63, 3.8) is 0 Å². The molecule has 1 aliphatic heterocycles. The molecule has 3 N–H and O–H groups in total. The number of aromatic amines is 2. The molecule has 1 unspecified atom stereocenters. The van der Waals surface area contributed by atoms with Gasteiger partial charge in [0.15, 0.2) is 5.62 Å². The Hall–Kier alpha value is -1.69.